The Hall–Kier alpha value is 0.0300. The van der Waals surface area contributed by atoms with Crippen molar-refractivity contribution >= 4 is 11.3 Å². The molecule has 1 atom stereocenters. The molecule has 0 saturated carbocycles. The Morgan fingerprint density at radius 3 is 2.00 bits per heavy atom. The molecule has 0 bridgehead atoms. The van der Waals surface area contributed by atoms with Gasteiger partial charge in [0, 0.05) is 0 Å². The summed E-state index contributed by atoms with van der Waals surface area (Å²) in [5.41, 5.74) is -0.681. The first kappa shape index (κ1) is 12.0. The largest absolute Gasteiger partial charge is 0.274 e. The van der Waals surface area contributed by atoms with Crippen molar-refractivity contribution in [2.75, 3.05) is 0 Å². The van der Waals surface area contributed by atoms with Crippen molar-refractivity contribution in [2.24, 2.45) is 0 Å². The van der Waals surface area contributed by atoms with Crippen LogP contribution in [0.5, 0.6) is 0 Å². The van der Waals surface area contributed by atoms with Crippen LogP contribution in [-0.4, -0.2) is 20.3 Å². The molecule has 73 valence electrons. The van der Waals surface area contributed by atoms with Gasteiger partial charge in [-0.2, -0.15) is 0 Å². The molecule has 1 radical (unpaired) electrons. The Kier molecular flexibility index (Phi) is 4.33. The lowest BCUT2D eigenvalue weighted by Gasteiger charge is -2.25. The molecular weight excluding hydrogens is 178 g/mol. The van der Waals surface area contributed by atoms with E-state index in [4.69, 9.17) is 4.18 Å². The van der Waals surface area contributed by atoms with Crippen molar-refractivity contribution < 1.29 is 13.6 Å². The maximum absolute atomic E-state index is 11.2. The van der Waals surface area contributed by atoms with Crippen LogP contribution in [0, 0.1) is 0 Å². The van der Waals surface area contributed by atoms with Crippen LogP contribution in [0.4, 0.5) is 0 Å². The minimum absolute atomic E-state index is 0.204. The highest BCUT2D eigenvalue weighted by Gasteiger charge is 2.28. The van der Waals surface area contributed by atoms with Crippen LogP contribution in [0.1, 0.15) is 34.6 Å². The van der Waals surface area contributed by atoms with E-state index < -0.39 is 16.8 Å². The number of hydroxylamine groups is 1. The van der Waals surface area contributed by atoms with Crippen LogP contribution in [0.15, 0.2) is 0 Å². The molecular formula is C7H16NO3S. The van der Waals surface area contributed by atoms with E-state index in [2.05, 4.69) is 0 Å². The Morgan fingerprint density at radius 2 is 1.75 bits per heavy atom. The van der Waals surface area contributed by atoms with E-state index in [0.717, 1.165) is 0 Å². The van der Waals surface area contributed by atoms with E-state index in [9.17, 15) is 9.42 Å². The highest BCUT2D eigenvalue weighted by atomic mass is 32.2. The zero-order valence-corrected chi connectivity index (χ0v) is 8.97. The fourth-order valence-electron chi connectivity index (χ4n) is 0.427. The fraction of sp³-hybridized carbons (Fsp3) is 1.00. The summed E-state index contributed by atoms with van der Waals surface area (Å²) in [6.07, 6.45) is -0.204. The first-order valence-electron chi connectivity index (χ1n) is 3.81. The third-order valence-corrected chi connectivity index (χ3v) is 2.33. The van der Waals surface area contributed by atoms with Crippen molar-refractivity contribution in [2.45, 2.75) is 46.3 Å². The second-order valence-corrected chi connectivity index (χ2v) is 4.75. The molecule has 0 saturated heterocycles. The van der Waals surface area contributed by atoms with Crippen molar-refractivity contribution in [1.82, 2.24) is 4.47 Å². The van der Waals surface area contributed by atoms with Gasteiger partial charge < -0.3 is 0 Å². The predicted octanol–water partition coefficient (Wildman–Crippen LogP) is 1.44. The molecule has 0 spiro atoms. The normalized spacial score (nSPS) is 15.7. The summed E-state index contributed by atoms with van der Waals surface area (Å²) in [5, 5.41) is 11.2. The molecule has 0 amide bonds. The summed E-state index contributed by atoms with van der Waals surface area (Å²) in [4.78, 5) is 0. The lowest BCUT2D eigenvalue weighted by molar-refractivity contribution is -0.134. The van der Waals surface area contributed by atoms with Crippen LogP contribution < -0.4 is 0 Å². The van der Waals surface area contributed by atoms with Crippen molar-refractivity contribution in [1.29, 1.82) is 0 Å². The van der Waals surface area contributed by atoms with E-state index in [-0.39, 0.29) is 6.10 Å². The van der Waals surface area contributed by atoms with Crippen LogP contribution >= 0.6 is 0 Å². The highest BCUT2D eigenvalue weighted by molar-refractivity contribution is 7.77. The molecule has 0 aromatic rings. The Balaban J connectivity index is 4.12. The number of hydrogen-bond donors (Lipinski definition) is 0. The van der Waals surface area contributed by atoms with Gasteiger partial charge in [-0.25, -0.2) is 4.21 Å². The first-order valence-corrected chi connectivity index (χ1v) is 4.84. The van der Waals surface area contributed by atoms with E-state index in [1.165, 1.54) is 0 Å². The monoisotopic (exact) mass is 194 g/mol. The number of hydrogen-bond acceptors (Lipinski definition) is 2. The molecule has 0 heterocycles. The maximum atomic E-state index is 11.2. The molecule has 0 aliphatic heterocycles. The van der Waals surface area contributed by atoms with Gasteiger partial charge in [-0.1, -0.05) is 0 Å². The minimum atomic E-state index is -1.89. The van der Waals surface area contributed by atoms with Gasteiger partial charge in [-0.15, -0.1) is 5.21 Å². The standard InChI is InChI=1S/C7H16NO3S/c1-6(2)11-12(10)8(9)7(3,4)5/h6H,1-5H3. The molecule has 1 unspecified atom stereocenters. The average Bonchev–Trinajstić information content (AvgIpc) is 1.82. The van der Waals surface area contributed by atoms with E-state index >= 15 is 0 Å². The van der Waals surface area contributed by atoms with E-state index in [1.54, 1.807) is 34.6 Å². The molecule has 5 heteroatoms. The molecule has 0 fully saturated rings. The van der Waals surface area contributed by atoms with Crippen LogP contribution in [0.2, 0.25) is 0 Å². The maximum Gasteiger partial charge on any atom is 0.265 e. The van der Waals surface area contributed by atoms with Gasteiger partial charge in [0.2, 0.25) is 0 Å². The Bertz CT molecular complexity index is 165. The zero-order chi connectivity index (χ0) is 9.94. The smallest absolute Gasteiger partial charge is 0.265 e. The van der Waals surface area contributed by atoms with Gasteiger partial charge in [0.15, 0.2) is 0 Å². The van der Waals surface area contributed by atoms with Gasteiger partial charge in [0.1, 0.15) is 0 Å². The van der Waals surface area contributed by atoms with Crippen molar-refractivity contribution in [3.05, 3.63) is 0 Å². The topological polar surface area (TPSA) is 49.4 Å². The Morgan fingerprint density at radius 1 is 1.33 bits per heavy atom. The summed E-state index contributed by atoms with van der Waals surface area (Å²) in [5.74, 6) is 0. The number of rotatable bonds is 3. The second-order valence-electron chi connectivity index (χ2n) is 3.79. The van der Waals surface area contributed by atoms with E-state index in [0.29, 0.717) is 4.47 Å². The number of nitrogens with zero attached hydrogens (tertiary/aromatic N) is 1. The predicted molar refractivity (Wildman–Crippen MR) is 46.6 cm³/mol. The fourth-order valence-corrected chi connectivity index (χ4v) is 1.28. The second kappa shape index (κ2) is 4.32. The molecule has 0 aromatic heterocycles. The van der Waals surface area contributed by atoms with Crippen molar-refractivity contribution in [3.63, 3.8) is 0 Å². The molecule has 0 aliphatic carbocycles. The van der Waals surface area contributed by atoms with Gasteiger partial charge in [-0.3, -0.25) is 4.18 Å². The average molecular weight is 194 g/mol. The zero-order valence-electron chi connectivity index (χ0n) is 8.16. The molecule has 0 aliphatic rings. The highest BCUT2D eigenvalue weighted by Crippen LogP contribution is 2.14. The SMILES string of the molecule is CC(C)OS(=O)N([O])C(C)(C)C. The molecule has 4 nitrogen and oxygen atoms in total. The third-order valence-electron chi connectivity index (χ3n) is 0.958. The summed E-state index contributed by atoms with van der Waals surface area (Å²) in [6.45, 7) is 8.51. The van der Waals surface area contributed by atoms with Crippen LogP contribution in [0.3, 0.4) is 0 Å². The first-order chi connectivity index (χ1) is 5.25. The molecule has 0 aromatic carbocycles. The molecule has 12 heavy (non-hydrogen) atoms. The summed E-state index contributed by atoms with van der Waals surface area (Å²) < 4.78 is 16.4. The Labute approximate surface area is 76.3 Å². The summed E-state index contributed by atoms with van der Waals surface area (Å²) in [6, 6.07) is 0. The minimum Gasteiger partial charge on any atom is -0.274 e. The quantitative estimate of drug-likeness (QED) is 0.638. The third kappa shape index (κ3) is 4.15. The van der Waals surface area contributed by atoms with Gasteiger partial charge in [0.05, 0.1) is 11.6 Å². The van der Waals surface area contributed by atoms with Gasteiger partial charge in [-0.05, 0) is 39.1 Å². The lowest BCUT2D eigenvalue weighted by atomic mass is 10.1. The van der Waals surface area contributed by atoms with E-state index in [1.807, 2.05) is 0 Å². The molecule has 0 rings (SSSR count). The summed E-state index contributed by atoms with van der Waals surface area (Å²) >= 11 is -1.89. The lowest BCUT2D eigenvalue weighted by Crippen LogP contribution is -2.40. The van der Waals surface area contributed by atoms with Gasteiger partial charge in [0.25, 0.3) is 11.3 Å². The van der Waals surface area contributed by atoms with Crippen LogP contribution in [0.25, 0.3) is 0 Å². The molecule has 0 N–H and O–H groups in total. The van der Waals surface area contributed by atoms with Gasteiger partial charge >= 0.3 is 0 Å². The summed E-state index contributed by atoms with van der Waals surface area (Å²) in [7, 11) is 0. The van der Waals surface area contributed by atoms with Crippen molar-refractivity contribution in [3.8, 4) is 0 Å². The van der Waals surface area contributed by atoms with Crippen LogP contribution in [-0.2, 0) is 20.7 Å².